The third-order valence-corrected chi connectivity index (χ3v) is 7.41. The van der Waals surface area contributed by atoms with Gasteiger partial charge in [0.2, 0.25) is 0 Å². The lowest BCUT2D eigenvalue weighted by Crippen LogP contribution is -2.23. The van der Waals surface area contributed by atoms with Crippen molar-refractivity contribution in [3.63, 3.8) is 0 Å². The topological polar surface area (TPSA) is 30.3 Å². The van der Waals surface area contributed by atoms with E-state index in [0.29, 0.717) is 12.8 Å². The second kappa shape index (κ2) is 7.51. The molecule has 1 atom stereocenters. The average molecular weight is 424 g/mol. The van der Waals surface area contributed by atoms with Crippen molar-refractivity contribution in [2.45, 2.75) is 58.2 Å². The zero-order chi connectivity index (χ0) is 18.2. The Hall–Kier alpha value is -0.693. The Morgan fingerprint density at radius 2 is 2.12 bits per heavy atom. The van der Waals surface area contributed by atoms with Crippen LogP contribution in [0, 0.1) is 6.92 Å². The van der Waals surface area contributed by atoms with Crippen molar-refractivity contribution in [1.29, 1.82) is 0 Å². The van der Waals surface area contributed by atoms with E-state index in [1.165, 1.54) is 47.6 Å². The second-order valence-electron chi connectivity index (χ2n) is 8.45. The Bertz CT molecular complexity index is 753. The number of rotatable bonds is 6. The standard InChI is InChI=1S/C19H30BrN3OSi/c1-14-15-12-21-18(20)11-17(15)23(13-24-9-10-25(3,4)5)19(14)16-7-6-8-22(16)2/h11-12,16H,6-10,13H2,1-5H3/t16-/m1/s1. The number of pyridine rings is 1. The molecular formula is C19H30BrN3OSi. The lowest BCUT2D eigenvalue weighted by molar-refractivity contribution is 0.0856. The SMILES string of the molecule is Cc1c([C@H]2CCCN2C)n(COCC[Si](C)(C)C)c2cc(Br)ncc12. The van der Waals surface area contributed by atoms with Gasteiger partial charge in [0.05, 0.1) is 11.6 Å². The summed E-state index contributed by atoms with van der Waals surface area (Å²) in [6, 6.07) is 3.81. The first kappa shape index (κ1) is 19.1. The van der Waals surface area contributed by atoms with Gasteiger partial charge in [0.25, 0.3) is 0 Å². The smallest absolute Gasteiger partial charge is 0.123 e. The van der Waals surface area contributed by atoms with Crippen LogP contribution in [0.4, 0.5) is 0 Å². The molecule has 138 valence electrons. The fourth-order valence-corrected chi connectivity index (χ4v) is 4.84. The highest BCUT2D eigenvalue weighted by molar-refractivity contribution is 9.10. The summed E-state index contributed by atoms with van der Waals surface area (Å²) in [6.07, 6.45) is 4.48. The molecular weight excluding hydrogens is 394 g/mol. The van der Waals surface area contributed by atoms with Crippen LogP contribution in [0.25, 0.3) is 10.9 Å². The number of fused-ring (bicyclic) bond motifs is 1. The molecule has 0 unspecified atom stereocenters. The van der Waals surface area contributed by atoms with Crippen molar-refractivity contribution in [1.82, 2.24) is 14.5 Å². The monoisotopic (exact) mass is 423 g/mol. The minimum Gasteiger partial charge on any atom is -0.361 e. The minimum absolute atomic E-state index is 0.478. The van der Waals surface area contributed by atoms with Gasteiger partial charge >= 0.3 is 0 Å². The van der Waals surface area contributed by atoms with Crippen LogP contribution in [0.15, 0.2) is 16.9 Å². The molecule has 1 aliphatic heterocycles. The van der Waals surface area contributed by atoms with Gasteiger partial charge in [-0.15, -0.1) is 0 Å². The van der Waals surface area contributed by atoms with Crippen LogP contribution in [0.2, 0.25) is 25.7 Å². The minimum atomic E-state index is -1.06. The molecule has 2 aromatic rings. The number of nitrogens with zero attached hydrogens (tertiary/aromatic N) is 3. The lowest BCUT2D eigenvalue weighted by atomic mass is 10.1. The largest absolute Gasteiger partial charge is 0.361 e. The Balaban J connectivity index is 1.94. The normalized spacial score (nSPS) is 19.2. The average Bonchev–Trinajstić information content (AvgIpc) is 3.04. The Morgan fingerprint density at radius 1 is 1.36 bits per heavy atom. The van der Waals surface area contributed by atoms with E-state index in [1.54, 1.807) is 0 Å². The summed E-state index contributed by atoms with van der Waals surface area (Å²) in [7, 11) is 1.17. The molecule has 0 radical (unpaired) electrons. The molecule has 1 aliphatic rings. The molecule has 3 heterocycles. The molecule has 3 rings (SSSR count). The molecule has 0 N–H and O–H groups in total. The third kappa shape index (κ3) is 4.18. The second-order valence-corrected chi connectivity index (χ2v) is 14.9. The first-order valence-corrected chi connectivity index (χ1v) is 13.7. The van der Waals surface area contributed by atoms with Crippen LogP contribution in [-0.4, -0.2) is 42.7 Å². The molecule has 0 amide bonds. The van der Waals surface area contributed by atoms with Gasteiger partial charge in [-0.05, 0) is 67.0 Å². The van der Waals surface area contributed by atoms with Crippen LogP contribution in [-0.2, 0) is 11.5 Å². The maximum atomic E-state index is 6.14. The molecule has 4 nitrogen and oxygen atoms in total. The maximum Gasteiger partial charge on any atom is 0.123 e. The van der Waals surface area contributed by atoms with Crippen LogP contribution >= 0.6 is 15.9 Å². The number of ether oxygens (including phenoxy) is 1. The van der Waals surface area contributed by atoms with Crippen LogP contribution in [0.5, 0.6) is 0 Å². The summed E-state index contributed by atoms with van der Waals surface area (Å²) in [4.78, 5) is 6.93. The van der Waals surface area contributed by atoms with Crippen molar-refractivity contribution in [3.8, 4) is 0 Å². The summed E-state index contributed by atoms with van der Waals surface area (Å²) >= 11 is 3.53. The number of likely N-dealkylation sites (tertiary alicyclic amines) is 1. The maximum absolute atomic E-state index is 6.14. The predicted molar refractivity (Wildman–Crippen MR) is 111 cm³/mol. The summed E-state index contributed by atoms with van der Waals surface area (Å²) < 4.78 is 9.40. The van der Waals surface area contributed by atoms with Crippen molar-refractivity contribution >= 4 is 34.9 Å². The van der Waals surface area contributed by atoms with Gasteiger partial charge in [-0.3, -0.25) is 4.90 Å². The van der Waals surface area contributed by atoms with Gasteiger partial charge < -0.3 is 9.30 Å². The van der Waals surface area contributed by atoms with Crippen molar-refractivity contribution in [2.24, 2.45) is 0 Å². The molecule has 2 aromatic heterocycles. The van der Waals surface area contributed by atoms with Gasteiger partial charge in [-0.2, -0.15) is 0 Å². The van der Waals surface area contributed by atoms with Gasteiger partial charge in [0.1, 0.15) is 11.3 Å². The lowest BCUT2D eigenvalue weighted by Gasteiger charge is -2.23. The number of hydrogen-bond acceptors (Lipinski definition) is 3. The van der Waals surface area contributed by atoms with Gasteiger partial charge in [0.15, 0.2) is 0 Å². The highest BCUT2D eigenvalue weighted by Gasteiger charge is 2.29. The van der Waals surface area contributed by atoms with E-state index in [-0.39, 0.29) is 0 Å². The highest BCUT2D eigenvalue weighted by atomic mass is 79.9. The number of halogens is 1. The van der Waals surface area contributed by atoms with E-state index in [9.17, 15) is 0 Å². The highest BCUT2D eigenvalue weighted by Crippen LogP contribution is 2.37. The van der Waals surface area contributed by atoms with Gasteiger partial charge in [-0.1, -0.05) is 19.6 Å². The van der Waals surface area contributed by atoms with Gasteiger partial charge in [0, 0.05) is 32.0 Å². The molecule has 1 fully saturated rings. The Kier molecular flexibility index (Phi) is 5.73. The summed E-state index contributed by atoms with van der Waals surface area (Å²) in [5, 5.41) is 1.24. The van der Waals surface area contributed by atoms with Crippen LogP contribution in [0.1, 0.15) is 30.1 Å². The van der Waals surface area contributed by atoms with Crippen LogP contribution in [0.3, 0.4) is 0 Å². The number of aromatic nitrogens is 2. The van der Waals surface area contributed by atoms with E-state index in [2.05, 4.69) is 70.1 Å². The fourth-order valence-electron chi connectivity index (χ4n) is 3.76. The summed E-state index contributed by atoms with van der Waals surface area (Å²) in [5.74, 6) is 0. The molecule has 6 heteroatoms. The molecule has 0 saturated carbocycles. The molecule has 0 aromatic carbocycles. The zero-order valence-electron chi connectivity index (χ0n) is 16.1. The first-order valence-electron chi connectivity index (χ1n) is 9.20. The van der Waals surface area contributed by atoms with Crippen LogP contribution < -0.4 is 0 Å². The van der Waals surface area contributed by atoms with Crippen molar-refractivity contribution in [2.75, 3.05) is 20.2 Å². The quantitative estimate of drug-likeness (QED) is 0.363. The molecule has 0 aliphatic carbocycles. The molecule has 0 spiro atoms. The van der Waals surface area contributed by atoms with E-state index in [1.807, 2.05) is 6.20 Å². The Morgan fingerprint density at radius 3 is 2.76 bits per heavy atom. The third-order valence-electron chi connectivity index (χ3n) is 5.27. The van der Waals surface area contributed by atoms with E-state index < -0.39 is 8.07 Å². The molecule has 25 heavy (non-hydrogen) atoms. The van der Waals surface area contributed by atoms with Crippen molar-refractivity contribution < 1.29 is 4.74 Å². The summed E-state index contributed by atoms with van der Waals surface area (Å²) in [6.45, 7) is 12.1. The summed E-state index contributed by atoms with van der Waals surface area (Å²) in [5.41, 5.74) is 3.98. The van der Waals surface area contributed by atoms with Gasteiger partial charge in [-0.25, -0.2) is 4.98 Å². The molecule has 1 saturated heterocycles. The number of aryl methyl sites for hydroxylation is 1. The predicted octanol–water partition coefficient (Wildman–Crippen LogP) is 5.19. The Labute approximate surface area is 160 Å². The zero-order valence-corrected chi connectivity index (χ0v) is 18.7. The first-order chi connectivity index (χ1) is 11.8. The molecule has 0 bridgehead atoms. The van der Waals surface area contributed by atoms with E-state index in [0.717, 1.165) is 11.2 Å². The fraction of sp³-hybridized carbons (Fsp3) is 0.632. The van der Waals surface area contributed by atoms with E-state index >= 15 is 0 Å². The van der Waals surface area contributed by atoms with E-state index in [4.69, 9.17) is 4.74 Å². The van der Waals surface area contributed by atoms with Crippen molar-refractivity contribution in [3.05, 3.63) is 28.1 Å². The number of hydrogen-bond donors (Lipinski definition) is 0.